The largest absolute Gasteiger partial charge is 0.423 e. The van der Waals surface area contributed by atoms with E-state index in [9.17, 15) is 0 Å². The number of hydrogen-bond acceptors (Lipinski definition) is 4. The van der Waals surface area contributed by atoms with E-state index >= 15 is 0 Å². The summed E-state index contributed by atoms with van der Waals surface area (Å²) in [6.07, 6.45) is 6.91. The fourth-order valence-electron chi connectivity index (χ4n) is 3.14. The minimum atomic E-state index is 0.614. The summed E-state index contributed by atoms with van der Waals surface area (Å²) >= 11 is 2.36. The van der Waals surface area contributed by atoms with Gasteiger partial charge in [0.2, 0.25) is 12.3 Å². The number of aromatic nitrogens is 2. The van der Waals surface area contributed by atoms with E-state index in [1.807, 2.05) is 0 Å². The van der Waals surface area contributed by atoms with Gasteiger partial charge in [-0.1, -0.05) is 0 Å². The number of piperidine rings is 1. The Kier molecular flexibility index (Phi) is 2.98. The number of anilines is 1. The topological polar surface area (TPSA) is 42.2 Å². The fourth-order valence-corrected chi connectivity index (χ4v) is 3.61. The zero-order valence-corrected chi connectivity index (χ0v) is 13.3. The van der Waals surface area contributed by atoms with Crippen molar-refractivity contribution in [2.75, 3.05) is 18.0 Å². The Labute approximate surface area is 131 Å². The highest BCUT2D eigenvalue weighted by molar-refractivity contribution is 14.1. The Morgan fingerprint density at radius 1 is 1.15 bits per heavy atom. The summed E-state index contributed by atoms with van der Waals surface area (Å²) in [4.78, 5) is 2.48. The first-order valence-corrected chi connectivity index (χ1v) is 8.15. The molecule has 4 nitrogen and oxygen atoms in total. The third kappa shape index (κ3) is 2.21. The third-order valence-corrected chi connectivity index (χ3v) is 5.34. The molecule has 0 amide bonds. The van der Waals surface area contributed by atoms with Gasteiger partial charge in [0.15, 0.2) is 0 Å². The van der Waals surface area contributed by atoms with E-state index in [-0.39, 0.29) is 0 Å². The van der Waals surface area contributed by atoms with Crippen molar-refractivity contribution >= 4 is 28.3 Å². The minimum absolute atomic E-state index is 0.614. The molecule has 0 atom stereocenters. The lowest BCUT2D eigenvalue weighted by atomic mass is 9.93. The Balaban J connectivity index is 1.68. The molecule has 4 rings (SSSR count). The molecule has 1 spiro atoms. The first-order valence-electron chi connectivity index (χ1n) is 7.07. The van der Waals surface area contributed by atoms with Crippen LogP contribution in [0.1, 0.15) is 25.7 Å². The van der Waals surface area contributed by atoms with Crippen molar-refractivity contribution in [1.82, 2.24) is 10.2 Å². The normalized spacial score (nSPS) is 20.4. The standard InChI is InChI=1S/C15H16IN3O/c16-11-1-2-12(14-18-17-10-20-14)13(9-11)19-7-5-15(3-4-15)6-8-19/h1-2,9-10H,3-8H2. The molecule has 2 aromatic rings. The summed E-state index contributed by atoms with van der Waals surface area (Å²) in [5.74, 6) is 0.614. The number of halogens is 1. The van der Waals surface area contributed by atoms with E-state index in [2.05, 4.69) is 55.9 Å². The number of hydrogen-bond donors (Lipinski definition) is 0. The molecule has 1 aromatic heterocycles. The van der Waals surface area contributed by atoms with Gasteiger partial charge in [0.05, 0.1) is 11.3 Å². The van der Waals surface area contributed by atoms with Crippen LogP contribution in [0.25, 0.3) is 11.5 Å². The van der Waals surface area contributed by atoms with Crippen molar-refractivity contribution in [3.63, 3.8) is 0 Å². The summed E-state index contributed by atoms with van der Waals surface area (Å²) < 4.78 is 6.64. The lowest BCUT2D eigenvalue weighted by Gasteiger charge is -2.34. The Hall–Kier alpha value is -1.11. The first-order chi connectivity index (χ1) is 9.76. The lowest BCUT2D eigenvalue weighted by Crippen LogP contribution is -2.34. The van der Waals surface area contributed by atoms with Crippen molar-refractivity contribution in [1.29, 1.82) is 0 Å². The summed E-state index contributed by atoms with van der Waals surface area (Å²) in [5.41, 5.74) is 2.98. The van der Waals surface area contributed by atoms with Crippen LogP contribution < -0.4 is 4.90 Å². The molecular formula is C15H16IN3O. The predicted molar refractivity (Wildman–Crippen MR) is 85.6 cm³/mol. The highest BCUT2D eigenvalue weighted by atomic mass is 127. The molecule has 1 saturated heterocycles. The van der Waals surface area contributed by atoms with Crippen molar-refractivity contribution in [3.05, 3.63) is 28.2 Å². The smallest absolute Gasteiger partial charge is 0.249 e. The van der Waals surface area contributed by atoms with Gasteiger partial charge >= 0.3 is 0 Å². The average Bonchev–Trinajstić information content (AvgIpc) is 3.01. The predicted octanol–water partition coefficient (Wildman–Crippen LogP) is 3.72. The molecule has 20 heavy (non-hydrogen) atoms. The van der Waals surface area contributed by atoms with E-state index in [1.165, 1.54) is 41.3 Å². The van der Waals surface area contributed by atoms with Crippen molar-refractivity contribution in [2.24, 2.45) is 5.41 Å². The summed E-state index contributed by atoms with van der Waals surface area (Å²) in [5, 5.41) is 7.87. The van der Waals surface area contributed by atoms with Gasteiger partial charge in [-0.3, -0.25) is 0 Å². The zero-order valence-electron chi connectivity index (χ0n) is 11.2. The van der Waals surface area contributed by atoms with Crippen LogP contribution in [-0.4, -0.2) is 23.3 Å². The molecule has 1 aromatic carbocycles. The molecule has 5 heteroatoms. The number of nitrogens with zero attached hydrogens (tertiary/aromatic N) is 3. The molecule has 1 aliphatic heterocycles. The molecule has 2 aliphatic rings. The van der Waals surface area contributed by atoms with E-state index in [1.54, 1.807) is 0 Å². The molecule has 1 saturated carbocycles. The van der Waals surface area contributed by atoms with E-state index < -0.39 is 0 Å². The average molecular weight is 381 g/mol. The Bertz CT molecular complexity index is 612. The number of rotatable bonds is 2. The molecule has 1 aliphatic carbocycles. The molecule has 2 heterocycles. The number of benzene rings is 1. The monoisotopic (exact) mass is 381 g/mol. The van der Waals surface area contributed by atoms with Gasteiger partial charge in [0, 0.05) is 16.7 Å². The fraction of sp³-hybridized carbons (Fsp3) is 0.467. The summed E-state index contributed by atoms with van der Waals surface area (Å²) in [7, 11) is 0. The lowest BCUT2D eigenvalue weighted by molar-refractivity contribution is 0.384. The van der Waals surface area contributed by atoms with Crippen LogP contribution in [-0.2, 0) is 0 Å². The first kappa shape index (κ1) is 12.6. The van der Waals surface area contributed by atoms with Crippen LogP contribution in [0.5, 0.6) is 0 Å². The Morgan fingerprint density at radius 2 is 1.95 bits per heavy atom. The van der Waals surface area contributed by atoms with Crippen LogP contribution in [0.15, 0.2) is 29.0 Å². The van der Waals surface area contributed by atoms with Gasteiger partial charge in [0.1, 0.15) is 0 Å². The molecule has 2 fully saturated rings. The van der Waals surface area contributed by atoms with Crippen LogP contribution in [0.2, 0.25) is 0 Å². The molecule has 0 N–H and O–H groups in total. The van der Waals surface area contributed by atoms with Gasteiger partial charge in [-0.25, -0.2) is 0 Å². The quantitative estimate of drug-likeness (QED) is 0.744. The maximum absolute atomic E-state index is 5.39. The van der Waals surface area contributed by atoms with Gasteiger partial charge < -0.3 is 9.32 Å². The maximum Gasteiger partial charge on any atom is 0.249 e. The second-order valence-electron chi connectivity index (χ2n) is 5.89. The van der Waals surface area contributed by atoms with Gasteiger partial charge in [-0.2, -0.15) is 0 Å². The molecular weight excluding hydrogens is 365 g/mol. The van der Waals surface area contributed by atoms with Gasteiger partial charge in [-0.05, 0) is 71.9 Å². The third-order valence-electron chi connectivity index (χ3n) is 4.67. The highest BCUT2D eigenvalue weighted by Gasteiger charge is 2.44. The van der Waals surface area contributed by atoms with E-state index in [4.69, 9.17) is 4.42 Å². The highest BCUT2D eigenvalue weighted by Crippen LogP contribution is 2.54. The van der Waals surface area contributed by atoms with E-state index in [0.717, 1.165) is 18.7 Å². The van der Waals surface area contributed by atoms with Crippen molar-refractivity contribution in [3.8, 4) is 11.5 Å². The van der Waals surface area contributed by atoms with Crippen LogP contribution in [0.3, 0.4) is 0 Å². The van der Waals surface area contributed by atoms with Gasteiger partial charge in [0.25, 0.3) is 0 Å². The SMILES string of the molecule is Ic1ccc(-c2nnco2)c(N2CCC3(CC2)CC3)c1. The molecule has 104 valence electrons. The molecule has 0 radical (unpaired) electrons. The summed E-state index contributed by atoms with van der Waals surface area (Å²) in [6.45, 7) is 2.28. The Morgan fingerprint density at radius 3 is 2.60 bits per heavy atom. The second-order valence-corrected chi connectivity index (χ2v) is 7.14. The zero-order chi connectivity index (χ0) is 13.6. The van der Waals surface area contributed by atoms with E-state index in [0.29, 0.717) is 11.3 Å². The van der Waals surface area contributed by atoms with Crippen molar-refractivity contribution in [2.45, 2.75) is 25.7 Å². The van der Waals surface area contributed by atoms with Crippen molar-refractivity contribution < 1.29 is 4.42 Å². The van der Waals surface area contributed by atoms with Crippen LogP contribution in [0.4, 0.5) is 5.69 Å². The summed E-state index contributed by atoms with van der Waals surface area (Å²) in [6, 6.07) is 6.41. The van der Waals surface area contributed by atoms with Crippen LogP contribution in [0, 0.1) is 8.99 Å². The van der Waals surface area contributed by atoms with Crippen LogP contribution >= 0.6 is 22.6 Å². The molecule has 0 bridgehead atoms. The second kappa shape index (κ2) is 4.72. The minimum Gasteiger partial charge on any atom is -0.423 e. The molecule has 0 unspecified atom stereocenters. The van der Waals surface area contributed by atoms with Gasteiger partial charge in [-0.15, -0.1) is 10.2 Å². The maximum atomic E-state index is 5.39.